The normalized spacial score (nSPS) is 58.8. The molecule has 0 spiro atoms. The molecule has 0 aromatic carbocycles. The van der Waals surface area contributed by atoms with E-state index in [1.54, 1.807) is 0 Å². The molecule has 4 aliphatic carbocycles. The van der Waals surface area contributed by atoms with Crippen molar-refractivity contribution in [2.24, 2.45) is 41.2 Å². The number of esters is 2. The summed E-state index contributed by atoms with van der Waals surface area (Å²) in [5.41, 5.74) is 6.17. The maximum absolute atomic E-state index is 12.9. The molecule has 8 nitrogen and oxygen atoms in total. The van der Waals surface area contributed by atoms with E-state index >= 15 is 0 Å². The van der Waals surface area contributed by atoms with Crippen LogP contribution < -0.4 is 5.73 Å². The van der Waals surface area contributed by atoms with Crippen molar-refractivity contribution in [1.82, 2.24) is 0 Å². The third kappa shape index (κ3) is 1.63. The van der Waals surface area contributed by atoms with E-state index in [0.29, 0.717) is 6.42 Å². The number of carbonyl (C=O) groups is 2. The predicted octanol–water partition coefficient (Wildman–Crippen LogP) is -0.830. The van der Waals surface area contributed by atoms with Gasteiger partial charge < -0.3 is 15.2 Å². The van der Waals surface area contributed by atoms with E-state index in [9.17, 15) is 18.0 Å². The first-order valence-corrected chi connectivity index (χ1v) is 10.4. The lowest BCUT2D eigenvalue weighted by atomic mass is 9.77. The van der Waals surface area contributed by atoms with Crippen molar-refractivity contribution in [3.63, 3.8) is 0 Å². The largest absolute Gasteiger partial charge is 0.460 e. The van der Waals surface area contributed by atoms with Gasteiger partial charge in [0, 0.05) is 23.8 Å². The molecule has 0 aromatic rings. The predicted molar refractivity (Wildman–Crippen MR) is 80.1 cm³/mol. The minimum Gasteiger partial charge on any atom is -0.460 e. The van der Waals surface area contributed by atoms with Gasteiger partial charge >= 0.3 is 11.9 Å². The van der Waals surface area contributed by atoms with E-state index in [-0.39, 0.29) is 41.8 Å². The Balaban J connectivity index is 1.26. The summed E-state index contributed by atoms with van der Waals surface area (Å²) in [5, 5.41) is -0.445. The second-order valence-corrected chi connectivity index (χ2v) is 10.3. The maximum Gasteiger partial charge on any atom is 0.310 e. The van der Waals surface area contributed by atoms with Crippen molar-refractivity contribution >= 4 is 22.1 Å². The fourth-order valence-corrected chi connectivity index (χ4v) is 8.56. The van der Waals surface area contributed by atoms with Gasteiger partial charge in [0.1, 0.15) is 18.3 Å². The van der Waals surface area contributed by atoms with Crippen LogP contribution in [0.3, 0.4) is 0 Å². The van der Waals surface area contributed by atoms with E-state index in [0.717, 1.165) is 12.8 Å². The van der Waals surface area contributed by atoms with E-state index < -0.39 is 45.4 Å². The highest BCUT2D eigenvalue weighted by atomic mass is 32.2. The maximum atomic E-state index is 12.9. The molecule has 136 valence electrons. The zero-order valence-electron chi connectivity index (χ0n) is 13.3. The second kappa shape index (κ2) is 4.37. The second-order valence-electron chi connectivity index (χ2n) is 8.48. The first-order chi connectivity index (χ1) is 11.9. The van der Waals surface area contributed by atoms with Crippen LogP contribution in [0, 0.1) is 35.5 Å². The summed E-state index contributed by atoms with van der Waals surface area (Å²) in [5.74, 6) is -1.95. The van der Waals surface area contributed by atoms with Crippen molar-refractivity contribution < 1.29 is 31.7 Å². The quantitative estimate of drug-likeness (QED) is 0.494. The number of hydrogen-bond acceptors (Lipinski definition) is 8. The molecule has 6 rings (SSSR count). The molecular formula is C16H19NO7S. The van der Waals surface area contributed by atoms with Gasteiger partial charge in [0.05, 0.1) is 17.1 Å². The Morgan fingerprint density at radius 2 is 1.92 bits per heavy atom. The summed E-state index contributed by atoms with van der Waals surface area (Å²) >= 11 is 0. The van der Waals surface area contributed by atoms with Crippen molar-refractivity contribution in [2.45, 2.75) is 48.9 Å². The van der Waals surface area contributed by atoms with Crippen LogP contribution in [0.4, 0.5) is 0 Å². The number of nitrogens with two attached hydrogens (primary N) is 1. The summed E-state index contributed by atoms with van der Waals surface area (Å²) in [4.78, 5) is 25.0. The average Bonchev–Trinajstić information content (AvgIpc) is 3.30. The van der Waals surface area contributed by atoms with Gasteiger partial charge in [-0.05, 0) is 25.2 Å². The molecule has 25 heavy (non-hydrogen) atoms. The Bertz CT molecular complexity index is 796. The lowest BCUT2D eigenvalue weighted by Gasteiger charge is -2.31. The molecule has 0 aromatic heterocycles. The lowest BCUT2D eigenvalue weighted by Crippen LogP contribution is -2.47. The molecule has 11 atom stereocenters. The molecule has 2 N–H and O–H groups in total. The van der Waals surface area contributed by atoms with Gasteiger partial charge in [-0.25, -0.2) is 0 Å². The highest BCUT2D eigenvalue weighted by Crippen LogP contribution is 2.59. The molecule has 2 saturated heterocycles. The summed E-state index contributed by atoms with van der Waals surface area (Å²) in [6, 6.07) is -0.322. The monoisotopic (exact) mass is 369 g/mol. The molecule has 4 saturated carbocycles. The van der Waals surface area contributed by atoms with E-state index in [1.165, 1.54) is 0 Å². The molecule has 6 fully saturated rings. The standard InChI is InChI=1S/C16H19NO7S/c17-11-6-3-7-10(16(19)23-13(7)11)9(6)15(18)22-12-4-1-5-8(2-4)25(20,21)24-14(5)12/h4-14H,1-3,17H2. The molecule has 2 heterocycles. The van der Waals surface area contributed by atoms with Crippen molar-refractivity contribution in [3.05, 3.63) is 0 Å². The van der Waals surface area contributed by atoms with Gasteiger partial charge in [-0.3, -0.25) is 13.8 Å². The van der Waals surface area contributed by atoms with Crippen LogP contribution >= 0.6 is 0 Å². The van der Waals surface area contributed by atoms with Crippen LogP contribution in [0.1, 0.15) is 19.3 Å². The van der Waals surface area contributed by atoms with Gasteiger partial charge in [-0.2, -0.15) is 8.42 Å². The number of rotatable bonds is 2. The first kappa shape index (κ1) is 14.9. The third-order valence-electron chi connectivity index (χ3n) is 7.61. The highest BCUT2D eigenvalue weighted by molar-refractivity contribution is 7.87. The zero-order valence-corrected chi connectivity index (χ0v) is 14.1. The number of ether oxygens (including phenoxy) is 2. The number of fused-ring (bicyclic) bond motifs is 2. The SMILES string of the molecule is NC1C2CC3C1OC(=O)C3C2C(=O)OC1C2CC3C1OS(=O)(=O)C3C2. The van der Waals surface area contributed by atoms with E-state index in [2.05, 4.69) is 0 Å². The fourth-order valence-electron chi connectivity index (χ4n) is 6.68. The molecule has 2 aliphatic heterocycles. The van der Waals surface area contributed by atoms with E-state index in [1.807, 2.05) is 0 Å². The van der Waals surface area contributed by atoms with Crippen molar-refractivity contribution in [3.8, 4) is 0 Å². The molecule has 0 radical (unpaired) electrons. The third-order valence-corrected chi connectivity index (χ3v) is 9.39. The van der Waals surface area contributed by atoms with Gasteiger partial charge in [0.15, 0.2) is 0 Å². The van der Waals surface area contributed by atoms with Gasteiger partial charge in [-0.15, -0.1) is 0 Å². The van der Waals surface area contributed by atoms with Gasteiger partial charge in [0.25, 0.3) is 10.1 Å². The highest BCUT2D eigenvalue weighted by Gasteiger charge is 2.69. The summed E-state index contributed by atoms with van der Waals surface area (Å²) < 4.78 is 40.4. The van der Waals surface area contributed by atoms with Crippen molar-refractivity contribution in [2.75, 3.05) is 0 Å². The smallest absolute Gasteiger partial charge is 0.310 e. The Morgan fingerprint density at radius 3 is 2.72 bits per heavy atom. The Morgan fingerprint density at radius 1 is 1.12 bits per heavy atom. The molecule has 0 amide bonds. The van der Waals surface area contributed by atoms with Crippen LogP contribution in [0.2, 0.25) is 0 Å². The van der Waals surface area contributed by atoms with Crippen molar-refractivity contribution in [1.29, 1.82) is 0 Å². The van der Waals surface area contributed by atoms with Crippen LogP contribution in [0.5, 0.6) is 0 Å². The Kier molecular flexibility index (Phi) is 2.61. The van der Waals surface area contributed by atoms with E-state index in [4.69, 9.17) is 19.4 Å². The summed E-state index contributed by atoms with van der Waals surface area (Å²) in [6.45, 7) is 0. The van der Waals surface area contributed by atoms with Crippen LogP contribution in [-0.4, -0.2) is 50.0 Å². The molecule has 4 bridgehead atoms. The van der Waals surface area contributed by atoms with Crippen LogP contribution in [0.15, 0.2) is 0 Å². The summed E-state index contributed by atoms with van der Waals surface area (Å²) in [6.07, 6.45) is 0.567. The number of hydrogen-bond donors (Lipinski definition) is 1. The zero-order chi connectivity index (χ0) is 17.2. The molecule has 9 heteroatoms. The molecular weight excluding hydrogens is 350 g/mol. The first-order valence-electron chi connectivity index (χ1n) is 8.95. The lowest BCUT2D eigenvalue weighted by molar-refractivity contribution is -0.166. The topological polar surface area (TPSA) is 122 Å². The van der Waals surface area contributed by atoms with Crippen LogP contribution in [-0.2, 0) is 33.4 Å². The van der Waals surface area contributed by atoms with Gasteiger partial charge in [-0.1, -0.05) is 0 Å². The minimum atomic E-state index is -3.54. The Labute approximate surface area is 144 Å². The summed E-state index contributed by atoms with van der Waals surface area (Å²) in [7, 11) is -3.54. The molecule has 11 unspecified atom stereocenters. The number of carbonyl (C=O) groups excluding carboxylic acids is 2. The minimum absolute atomic E-state index is 0.0116. The molecule has 6 aliphatic rings. The Hall–Kier alpha value is -1.19. The van der Waals surface area contributed by atoms with Gasteiger partial charge in [0.2, 0.25) is 0 Å². The van der Waals surface area contributed by atoms with Crippen LogP contribution in [0.25, 0.3) is 0 Å². The fraction of sp³-hybridized carbons (Fsp3) is 0.875. The average molecular weight is 369 g/mol.